The zero-order valence-corrected chi connectivity index (χ0v) is 38.9. The molecule has 0 amide bonds. The van der Waals surface area contributed by atoms with Gasteiger partial charge in [-0.1, -0.05) is 45.1 Å². The first-order chi connectivity index (χ1) is 30.2. The van der Waals surface area contributed by atoms with Crippen molar-refractivity contribution in [3.8, 4) is 0 Å². The fraction of sp³-hybridized carbons (Fsp3) is 0.795. The van der Waals surface area contributed by atoms with E-state index in [1.807, 2.05) is 26.8 Å². The van der Waals surface area contributed by atoms with Gasteiger partial charge in [0.1, 0.15) is 36.3 Å². The van der Waals surface area contributed by atoms with Gasteiger partial charge in [-0.25, -0.2) is 9.59 Å². The number of carbonyl (C=O) groups excluding carboxylic acids is 3. The van der Waals surface area contributed by atoms with Crippen LogP contribution in [-0.4, -0.2) is 195 Å². The zero-order valence-electron chi connectivity index (χ0n) is 38.9. The zero-order chi connectivity index (χ0) is 49.5. The second-order valence-corrected chi connectivity index (χ2v) is 17.9. The van der Waals surface area contributed by atoms with Crippen LogP contribution in [0, 0.1) is 17.8 Å². The highest BCUT2D eigenvalue weighted by Gasteiger charge is 2.52. The highest BCUT2D eigenvalue weighted by molar-refractivity contribution is 5.83. The molecule has 2 fully saturated rings. The van der Waals surface area contributed by atoms with Crippen molar-refractivity contribution in [2.75, 3.05) is 21.2 Å². The minimum atomic E-state index is -2.27. The lowest BCUT2D eigenvalue weighted by Gasteiger charge is -2.50. The van der Waals surface area contributed by atoms with E-state index >= 15 is 0 Å². The van der Waals surface area contributed by atoms with Crippen LogP contribution in [0.4, 0.5) is 0 Å². The Morgan fingerprint density at radius 3 is 2.08 bits per heavy atom. The summed E-state index contributed by atoms with van der Waals surface area (Å²) in [6, 6.07) is -0.753. The quantitative estimate of drug-likeness (QED) is 0.0859. The van der Waals surface area contributed by atoms with Gasteiger partial charge in [-0.15, -0.1) is 0 Å². The molecule has 18 atom stereocenters. The highest BCUT2D eigenvalue weighted by Crippen LogP contribution is 2.37. The Morgan fingerprint density at radius 2 is 1.55 bits per heavy atom. The maximum Gasteiger partial charge on any atom is 0.335 e. The number of carboxylic acid groups (broad SMARTS) is 2. The Labute approximate surface area is 380 Å². The Bertz CT molecular complexity index is 1550. The van der Waals surface area contributed by atoms with Crippen molar-refractivity contribution in [1.29, 1.82) is 0 Å². The lowest BCUT2D eigenvalue weighted by Crippen LogP contribution is -2.66. The number of ether oxygens (including phenoxy) is 7. The Kier molecular flexibility index (Phi) is 23.8. The van der Waals surface area contributed by atoms with E-state index in [4.69, 9.17) is 53.6 Å². The third-order valence-corrected chi connectivity index (χ3v) is 11.4. The van der Waals surface area contributed by atoms with Gasteiger partial charge in [-0.2, -0.15) is 0 Å². The molecule has 2 saturated heterocycles. The molecule has 0 bridgehead atoms. The van der Waals surface area contributed by atoms with Gasteiger partial charge in [-0.05, 0) is 66.0 Å². The normalized spacial score (nSPS) is 38.3. The van der Waals surface area contributed by atoms with Gasteiger partial charge in [0.25, 0.3) is 0 Å². The number of rotatable bonds is 14. The second kappa shape index (κ2) is 26.8. The number of esters is 2. The van der Waals surface area contributed by atoms with Gasteiger partial charge in [-0.3, -0.25) is 9.59 Å². The number of aliphatic hydroxyl groups is 6. The van der Waals surface area contributed by atoms with Crippen LogP contribution in [0.25, 0.3) is 0 Å². The lowest BCUT2D eigenvalue weighted by molar-refractivity contribution is -0.344. The van der Waals surface area contributed by atoms with Crippen LogP contribution in [0.3, 0.4) is 0 Å². The molecule has 0 aliphatic carbocycles. The summed E-state index contributed by atoms with van der Waals surface area (Å²) in [5, 5.41) is 78.3. The number of carboxylic acids is 2. The van der Waals surface area contributed by atoms with Crippen LogP contribution < -0.4 is 0 Å². The van der Waals surface area contributed by atoms with Gasteiger partial charge < -0.3 is 83.7 Å². The molecule has 21 nitrogen and oxygen atoms in total. The summed E-state index contributed by atoms with van der Waals surface area (Å²) in [5.74, 6) is -5.57. The molecule has 0 saturated carbocycles. The van der Waals surface area contributed by atoms with Crippen molar-refractivity contribution >= 4 is 30.2 Å². The summed E-state index contributed by atoms with van der Waals surface area (Å²) in [6.45, 7) is 12.4. The number of carbonyl (C=O) groups is 5. The van der Waals surface area contributed by atoms with E-state index in [1.54, 1.807) is 64.9 Å². The van der Waals surface area contributed by atoms with E-state index in [1.165, 1.54) is 7.11 Å². The maximum absolute atomic E-state index is 12.9. The Balaban J connectivity index is 0.00000129. The third kappa shape index (κ3) is 17.6. The largest absolute Gasteiger partial charge is 0.479 e. The van der Waals surface area contributed by atoms with Gasteiger partial charge in [0.2, 0.25) is 0 Å². The van der Waals surface area contributed by atoms with Crippen LogP contribution in [0.15, 0.2) is 24.3 Å². The molecule has 21 heteroatoms. The van der Waals surface area contributed by atoms with E-state index in [0.29, 0.717) is 6.42 Å². The standard InChI is InChI=1S/C40H67NO14.C4H6O6/c1-22(2)18-30(45)53-38-26(6)51-32(21-40(38,7)48)54-35-25(5)52-39(34(47)33(35)41(8)9)55-36-27(16-17-42)19-23(3)28(43)15-13-11-12-14-24(4)50-31(46)20-29(44)37(36)49-10;5-1(3(7)8)2(6)4(9)10/h11-13,15,17,22-29,32-39,43-44,47-48H,14,16,18-21H2,1-10H3;1-2,5-6H,(H,7,8)(H,9,10)/b12-11+,15-13+;/t23-,24-,25-,26+,27+,28+,29-,32+,33-,34-,35-,36+,37+,38+,39+,40-;/m1./s1. The minimum absolute atomic E-state index is 0.0318. The molecule has 0 aromatic rings. The number of aliphatic carboxylic acids is 2. The van der Waals surface area contributed by atoms with E-state index in [-0.39, 0.29) is 37.5 Å². The van der Waals surface area contributed by atoms with Crippen molar-refractivity contribution in [1.82, 2.24) is 4.90 Å². The summed E-state index contributed by atoms with van der Waals surface area (Å²) < 4.78 is 42.4. The number of nitrogens with zero attached hydrogens (tertiary/aromatic N) is 1. The van der Waals surface area contributed by atoms with Crippen molar-refractivity contribution in [3.63, 3.8) is 0 Å². The average molecular weight is 936 g/mol. The first-order valence-corrected chi connectivity index (χ1v) is 21.8. The highest BCUT2D eigenvalue weighted by atomic mass is 16.7. The molecule has 3 rings (SSSR count). The van der Waals surface area contributed by atoms with Crippen molar-refractivity contribution in [2.45, 2.75) is 184 Å². The lowest BCUT2D eigenvalue weighted by atomic mass is 9.82. The first-order valence-electron chi connectivity index (χ1n) is 21.8. The van der Waals surface area contributed by atoms with Crippen molar-refractivity contribution in [2.24, 2.45) is 17.8 Å². The van der Waals surface area contributed by atoms with Crippen molar-refractivity contribution in [3.05, 3.63) is 24.3 Å². The molecule has 0 radical (unpaired) electrons. The smallest absolute Gasteiger partial charge is 0.335 e. The van der Waals surface area contributed by atoms with Gasteiger partial charge in [0.05, 0.1) is 43.0 Å². The molecule has 3 aliphatic heterocycles. The topological polar surface area (TPSA) is 315 Å². The summed E-state index contributed by atoms with van der Waals surface area (Å²) in [4.78, 5) is 58.8. The Hall–Kier alpha value is -3.45. The molecule has 8 N–H and O–H groups in total. The molecular formula is C44H73NO20. The fourth-order valence-electron chi connectivity index (χ4n) is 8.05. The average Bonchev–Trinajstić information content (AvgIpc) is 3.19. The number of aliphatic hydroxyl groups excluding tert-OH is 5. The van der Waals surface area contributed by atoms with Gasteiger partial charge in [0.15, 0.2) is 30.9 Å². The minimum Gasteiger partial charge on any atom is -0.479 e. The molecule has 65 heavy (non-hydrogen) atoms. The molecule has 374 valence electrons. The number of likely N-dealkylation sites (N-methyl/N-ethyl adjacent to an activating group) is 1. The summed E-state index contributed by atoms with van der Waals surface area (Å²) in [7, 11) is 4.86. The molecule has 3 heterocycles. The third-order valence-electron chi connectivity index (χ3n) is 11.4. The number of allylic oxidation sites excluding steroid dienone is 2. The number of hydrogen-bond donors (Lipinski definition) is 8. The van der Waals surface area contributed by atoms with Crippen LogP contribution in [0.5, 0.6) is 0 Å². The monoisotopic (exact) mass is 935 g/mol. The molecule has 2 unspecified atom stereocenters. The van der Waals surface area contributed by atoms with Crippen LogP contribution in [-0.2, 0) is 57.1 Å². The number of aldehydes is 1. The number of methoxy groups -OCH3 is 1. The van der Waals surface area contributed by atoms with E-state index < -0.39 is 134 Å². The van der Waals surface area contributed by atoms with E-state index in [0.717, 1.165) is 6.29 Å². The molecular weight excluding hydrogens is 862 g/mol. The molecule has 0 aromatic heterocycles. The maximum atomic E-state index is 12.9. The Morgan fingerprint density at radius 1 is 0.938 bits per heavy atom. The first kappa shape index (κ1) is 57.7. The fourth-order valence-corrected chi connectivity index (χ4v) is 8.05. The predicted molar refractivity (Wildman–Crippen MR) is 228 cm³/mol. The van der Waals surface area contributed by atoms with E-state index in [9.17, 15) is 44.4 Å². The summed E-state index contributed by atoms with van der Waals surface area (Å²) in [6.07, 6.45) is -8.46. The molecule has 0 spiro atoms. The van der Waals surface area contributed by atoms with Crippen LogP contribution >= 0.6 is 0 Å². The van der Waals surface area contributed by atoms with Crippen LogP contribution in [0.2, 0.25) is 0 Å². The number of hydrogen-bond acceptors (Lipinski definition) is 19. The molecule has 0 aromatic carbocycles. The van der Waals surface area contributed by atoms with Gasteiger partial charge in [0, 0.05) is 32.8 Å². The van der Waals surface area contributed by atoms with Gasteiger partial charge >= 0.3 is 23.9 Å². The van der Waals surface area contributed by atoms with Crippen LogP contribution in [0.1, 0.15) is 87.0 Å². The predicted octanol–water partition coefficient (Wildman–Crippen LogP) is 0.320. The van der Waals surface area contributed by atoms with E-state index in [2.05, 4.69) is 0 Å². The summed E-state index contributed by atoms with van der Waals surface area (Å²) >= 11 is 0. The van der Waals surface area contributed by atoms with Crippen molar-refractivity contribution < 1.29 is 98.0 Å². The second-order valence-electron chi connectivity index (χ2n) is 17.9. The SMILES string of the molecule is CO[C@@H]1[C@@H](O[C@@H]2O[C@H](C)[C@@H](O[C@H]3C[C@@](C)(O)[C@@H](OC(=O)CC(C)C)[C@H](C)O3)[C@H](N(C)C)[C@H]2O)[C@@H](CC=O)C[C@@H](C)[C@@H](O)/C=C/C=C/C[C@@H](C)OC(=O)C[C@H]1O.O=C(O)C(O)C(O)C(=O)O. The number of cyclic esters (lactones) is 1. The summed E-state index contributed by atoms with van der Waals surface area (Å²) in [5.41, 5.74) is -1.49. The molecule has 3 aliphatic rings.